The molecular weight excluding hydrogens is 324 g/mol. The molecule has 0 bridgehead atoms. The first-order valence-corrected chi connectivity index (χ1v) is 9.44. The minimum Gasteiger partial charge on any atom is -0.410 e. The van der Waals surface area contributed by atoms with Gasteiger partial charge in [0.05, 0.1) is 0 Å². The summed E-state index contributed by atoms with van der Waals surface area (Å²) in [6.07, 6.45) is 4.27. The van der Waals surface area contributed by atoms with Crippen LogP contribution in [0.3, 0.4) is 0 Å². The third kappa shape index (κ3) is 4.44. The highest BCUT2D eigenvalue weighted by Gasteiger charge is 2.33. The number of likely N-dealkylation sites (tertiary alicyclic amines) is 1. The van der Waals surface area contributed by atoms with E-state index in [1.807, 2.05) is 48.5 Å². The molecule has 1 atom stereocenters. The Bertz CT molecular complexity index is 732. The summed E-state index contributed by atoms with van der Waals surface area (Å²) in [4.78, 5) is 14.6. The number of likely N-dealkylation sites (N-methyl/N-ethyl adjacent to an activating group) is 1. The maximum atomic E-state index is 12.2. The van der Waals surface area contributed by atoms with E-state index in [0.717, 1.165) is 25.2 Å². The molecule has 0 aromatic heterocycles. The maximum absolute atomic E-state index is 12.2. The number of nitrogens with zero attached hydrogens (tertiary/aromatic N) is 1. The Labute approximate surface area is 156 Å². The summed E-state index contributed by atoms with van der Waals surface area (Å²) < 4.78 is 5.53. The van der Waals surface area contributed by atoms with E-state index in [-0.39, 0.29) is 5.41 Å². The average Bonchev–Trinajstić information content (AvgIpc) is 2.85. The summed E-state index contributed by atoms with van der Waals surface area (Å²) in [5.74, 6) is 0.593. The van der Waals surface area contributed by atoms with Gasteiger partial charge in [-0.3, -0.25) is 5.32 Å². The normalized spacial score (nSPS) is 21.0. The first-order chi connectivity index (χ1) is 12.6. The van der Waals surface area contributed by atoms with Crippen LogP contribution in [0.5, 0.6) is 5.75 Å². The zero-order valence-corrected chi connectivity index (χ0v) is 15.7. The lowest BCUT2D eigenvalue weighted by Gasteiger charge is -2.35. The van der Waals surface area contributed by atoms with E-state index >= 15 is 0 Å². The molecule has 4 nitrogen and oxygen atoms in total. The van der Waals surface area contributed by atoms with Gasteiger partial charge in [-0.15, -0.1) is 0 Å². The molecule has 0 aliphatic carbocycles. The van der Waals surface area contributed by atoms with E-state index < -0.39 is 6.09 Å². The van der Waals surface area contributed by atoms with Crippen molar-refractivity contribution in [2.24, 2.45) is 0 Å². The fraction of sp³-hybridized carbons (Fsp3) is 0.409. The van der Waals surface area contributed by atoms with Crippen LogP contribution < -0.4 is 10.1 Å². The van der Waals surface area contributed by atoms with Gasteiger partial charge in [0.1, 0.15) is 5.75 Å². The monoisotopic (exact) mass is 352 g/mol. The Balaban J connectivity index is 1.75. The largest absolute Gasteiger partial charge is 0.417 e. The first kappa shape index (κ1) is 18.5. The van der Waals surface area contributed by atoms with Crippen LogP contribution >= 0.6 is 0 Å². The molecule has 1 aliphatic rings. The first-order valence-electron chi connectivity index (χ1n) is 9.44. The summed E-state index contributed by atoms with van der Waals surface area (Å²) in [6, 6.07) is 17.4. The molecule has 2 aromatic rings. The van der Waals surface area contributed by atoms with Crippen molar-refractivity contribution in [3.05, 3.63) is 60.2 Å². The van der Waals surface area contributed by atoms with Gasteiger partial charge >= 0.3 is 6.09 Å². The number of carbonyl (C=O) groups excluding carboxylic acids is 1. The molecule has 0 spiro atoms. The standard InChI is InChI=1S/C22H28N2O2/c1-3-22(14-7-8-15-24(2)17-22)18-10-9-13-20(16-18)26-21(25)23-19-11-5-4-6-12-19/h4-6,9-13,16H,3,7-8,14-15,17H2,1-2H3,(H,23,25). The van der Waals surface area contributed by atoms with Gasteiger partial charge in [0.25, 0.3) is 0 Å². The van der Waals surface area contributed by atoms with Crippen LogP contribution in [0, 0.1) is 0 Å². The number of rotatable bonds is 4. The summed E-state index contributed by atoms with van der Waals surface area (Å²) in [5, 5.41) is 2.76. The fourth-order valence-corrected chi connectivity index (χ4v) is 3.91. The minimum absolute atomic E-state index is 0.126. The van der Waals surface area contributed by atoms with Gasteiger partial charge in [0.15, 0.2) is 0 Å². The Morgan fingerprint density at radius 3 is 2.73 bits per heavy atom. The smallest absolute Gasteiger partial charge is 0.410 e. The molecule has 1 saturated heterocycles. The van der Waals surface area contributed by atoms with Crippen molar-refractivity contribution >= 4 is 11.8 Å². The Morgan fingerprint density at radius 2 is 1.96 bits per heavy atom. The second-order valence-electron chi connectivity index (χ2n) is 7.24. The number of hydrogen-bond acceptors (Lipinski definition) is 3. The zero-order valence-electron chi connectivity index (χ0n) is 15.7. The highest BCUT2D eigenvalue weighted by Crippen LogP contribution is 2.37. The van der Waals surface area contributed by atoms with Crippen LogP contribution in [0.2, 0.25) is 0 Å². The summed E-state index contributed by atoms with van der Waals surface area (Å²) in [5.41, 5.74) is 2.11. The van der Waals surface area contributed by atoms with E-state index in [4.69, 9.17) is 4.74 Å². The number of ether oxygens (including phenoxy) is 1. The predicted octanol–water partition coefficient (Wildman–Crippen LogP) is 5.06. The van der Waals surface area contributed by atoms with Crippen molar-refractivity contribution in [1.29, 1.82) is 0 Å². The number of benzene rings is 2. The van der Waals surface area contributed by atoms with Crippen molar-refractivity contribution in [3.63, 3.8) is 0 Å². The lowest BCUT2D eigenvalue weighted by Crippen LogP contribution is -2.37. The van der Waals surface area contributed by atoms with Gasteiger partial charge in [0.2, 0.25) is 0 Å². The molecule has 138 valence electrons. The predicted molar refractivity (Wildman–Crippen MR) is 106 cm³/mol. The Kier molecular flexibility index (Phi) is 5.94. The molecule has 2 aromatic carbocycles. The zero-order chi connectivity index (χ0) is 18.4. The molecule has 26 heavy (non-hydrogen) atoms. The number of hydrogen-bond donors (Lipinski definition) is 1. The quantitative estimate of drug-likeness (QED) is 0.836. The molecule has 1 fully saturated rings. The van der Waals surface area contributed by atoms with E-state index in [1.54, 1.807) is 0 Å². The summed E-state index contributed by atoms with van der Waals surface area (Å²) in [7, 11) is 2.20. The van der Waals surface area contributed by atoms with Gasteiger partial charge in [-0.25, -0.2) is 4.79 Å². The maximum Gasteiger partial charge on any atom is 0.417 e. The van der Waals surface area contributed by atoms with Crippen LogP contribution in [-0.2, 0) is 5.41 Å². The summed E-state index contributed by atoms with van der Waals surface area (Å²) >= 11 is 0. The number of para-hydroxylation sites is 1. The number of amides is 1. The van der Waals surface area contributed by atoms with Gasteiger partial charge in [-0.05, 0) is 62.7 Å². The van der Waals surface area contributed by atoms with Crippen molar-refractivity contribution < 1.29 is 9.53 Å². The number of nitrogens with one attached hydrogen (secondary N) is 1. The second kappa shape index (κ2) is 8.37. The van der Waals surface area contributed by atoms with Crippen LogP contribution in [-0.4, -0.2) is 31.1 Å². The average molecular weight is 352 g/mol. The van der Waals surface area contributed by atoms with Gasteiger partial charge < -0.3 is 9.64 Å². The van der Waals surface area contributed by atoms with Gasteiger partial charge in [-0.1, -0.05) is 43.7 Å². The van der Waals surface area contributed by atoms with Crippen LogP contribution in [0.1, 0.15) is 38.2 Å². The lowest BCUT2D eigenvalue weighted by molar-refractivity contribution is 0.214. The molecule has 0 radical (unpaired) electrons. The highest BCUT2D eigenvalue weighted by molar-refractivity contribution is 5.86. The highest BCUT2D eigenvalue weighted by atomic mass is 16.6. The van der Waals surface area contributed by atoms with Crippen molar-refractivity contribution in [1.82, 2.24) is 4.90 Å². The van der Waals surface area contributed by atoms with Crippen molar-refractivity contribution in [3.8, 4) is 5.75 Å². The fourth-order valence-electron chi connectivity index (χ4n) is 3.91. The molecule has 4 heteroatoms. The lowest BCUT2D eigenvalue weighted by atomic mass is 9.74. The SMILES string of the molecule is CCC1(c2cccc(OC(=O)Nc3ccccc3)c2)CCCCN(C)C1. The number of carbonyl (C=O) groups is 1. The van der Waals surface area contributed by atoms with E-state index in [9.17, 15) is 4.79 Å². The summed E-state index contributed by atoms with van der Waals surface area (Å²) in [6.45, 7) is 4.45. The molecule has 3 rings (SSSR count). The van der Waals surface area contributed by atoms with Gasteiger partial charge in [-0.2, -0.15) is 0 Å². The third-order valence-corrected chi connectivity index (χ3v) is 5.37. The van der Waals surface area contributed by atoms with E-state index in [2.05, 4.69) is 30.3 Å². The second-order valence-corrected chi connectivity index (χ2v) is 7.24. The van der Waals surface area contributed by atoms with Crippen LogP contribution in [0.4, 0.5) is 10.5 Å². The Morgan fingerprint density at radius 1 is 1.15 bits per heavy atom. The van der Waals surface area contributed by atoms with E-state index in [0.29, 0.717) is 5.75 Å². The molecule has 1 unspecified atom stereocenters. The topological polar surface area (TPSA) is 41.6 Å². The van der Waals surface area contributed by atoms with Crippen LogP contribution in [0.25, 0.3) is 0 Å². The molecule has 1 amide bonds. The molecule has 1 N–H and O–H groups in total. The van der Waals surface area contributed by atoms with Crippen molar-refractivity contribution in [2.45, 2.75) is 38.0 Å². The Hall–Kier alpha value is -2.33. The molecular formula is C22H28N2O2. The van der Waals surface area contributed by atoms with Crippen molar-refractivity contribution in [2.75, 3.05) is 25.5 Å². The third-order valence-electron chi connectivity index (χ3n) is 5.37. The number of anilines is 1. The minimum atomic E-state index is -0.461. The van der Waals surface area contributed by atoms with E-state index in [1.165, 1.54) is 24.8 Å². The molecule has 1 aliphatic heterocycles. The molecule has 1 heterocycles. The van der Waals surface area contributed by atoms with Gasteiger partial charge in [0, 0.05) is 17.6 Å². The molecule has 0 saturated carbocycles. The van der Waals surface area contributed by atoms with Crippen LogP contribution in [0.15, 0.2) is 54.6 Å².